The molecule has 3 aromatic heterocycles. The van der Waals surface area contributed by atoms with Crippen molar-refractivity contribution in [2.45, 2.75) is 19.9 Å². The maximum absolute atomic E-state index is 12.4. The topological polar surface area (TPSA) is 67.2 Å². The Kier molecular flexibility index (Phi) is 4.54. The standard InChI is InChI=1S/C17H19ClN6OS/c1-11(2)24-16(25)15(18)13(10-20-24)22-5-7-23(8-6-22)17-21-12-9-19-4-3-14(12)26-17/h3-4,9-11H,5-8H2,1-2H3. The quantitative estimate of drug-likeness (QED) is 0.685. The zero-order chi connectivity index (χ0) is 18.3. The highest BCUT2D eigenvalue weighted by atomic mass is 35.5. The molecule has 136 valence electrons. The molecule has 0 unspecified atom stereocenters. The molecule has 4 heterocycles. The highest BCUT2D eigenvalue weighted by molar-refractivity contribution is 7.22. The van der Waals surface area contributed by atoms with Gasteiger partial charge in [0.15, 0.2) is 5.13 Å². The molecule has 0 spiro atoms. The first-order valence-electron chi connectivity index (χ1n) is 8.52. The second kappa shape index (κ2) is 6.85. The Morgan fingerprint density at radius 1 is 1.15 bits per heavy atom. The Morgan fingerprint density at radius 2 is 1.88 bits per heavy atom. The van der Waals surface area contributed by atoms with Gasteiger partial charge in [-0.25, -0.2) is 9.67 Å². The average molecular weight is 391 g/mol. The van der Waals surface area contributed by atoms with Crippen LogP contribution in [0.1, 0.15) is 19.9 Å². The molecule has 1 aliphatic rings. The minimum atomic E-state index is -0.236. The third-order valence-electron chi connectivity index (χ3n) is 4.48. The van der Waals surface area contributed by atoms with E-state index in [0.717, 1.165) is 41.5 Å². The summed E-state index contributed by atoms with van der Waals surface area (Å²) in [6, 6.07) is 1.97. The van der Waals surface area contributed by atoms with Crippen LogP contribution < -0.4 is 15.4 Å². The van der Waals surface area contributed by atoms with Crippen molar-refractivity contribution >= 4 is 44.0 Å². The Labute approximate surface area is 159 Å². The maximum atomic E-state index is 12.4. The summed E-state index contributed by atoms with van der Waals surface area (Å²) in [6.45, 7) is 6.99. The fourth-order valence-corrected chi connectivity index (χ4v) is 4.31. The van der Waals surface area contributed by atoms with Crippen LogP contribution in [0.4, 0.5) is 10.8 Å². The molecule has 0 aromatic carbocycles. The first-order valence-corrected chi connectivity index (χ1v) is 9.72. The molecule has 0 bridgehead atoms. The summed E-state index contributed by atoms with van der Waals surface area (Å²) in [7, 11) is 0. The van der Waals surface area contributed by atoms with Crippen LogP contribution in [-0.2, 0) is 0 Å². The average Bonchev–Trinajstić information content (AvgIpc) is 3.08. The zero-order valence-corrected chi connectivity index (χ0v) is 16.2. The van der Waals surface area contributed by atoms with E-state index in [1.54, 1.807) is 29.9 Å². The molecule has 26 heavy (non-hydrogen) atoms. The van der Waals surface area contributed by atoms with Crippen LogP contribution in [0.5, 0.6) is 0 Å². The van der Waals surface area contributed by atoms with Crippen LogP contribution in [0, 0.1) is 0 Å². The van der Waals surface area contributed by atoms with Crippen LogP contribution >= 0.6 is 22.9 Å². The van der Waals surface area contributed by atoms with Gasteiger partial charge < -0.3 is 9.80 Å². The third kappa shape index (κ3) is 3.03. The van der Waals surface area contributed by atoms with Crippen molar-refractivity contribution in [2.24, 2.45) is 0 Å². The van der Waals surface area contributed by atoms with Gasteiger partial charge in [-0.2, -0.15) is 5.10 Å². The van der Waals surface area contributed by atoms with E-state index in [9.17, 15) is 4.79 Å². The number of anilines is 2. The highest BCUT2D eigenvalue weighted by Crippen LogP contribution is 2.30. The molecule has 0 radical (unpaired) electrons. The molecule has 0 aliphatic carbocycles. The number of pyridine rings is 1. The van der Waals surface area contributed by atoms with Gasteiger partial charge in [0, 0.05) is 32.4 Å². The smallest absolute Gasteiger partial charge is 0.287 e. The highest BCUT2D eigenvalue weighted by Gasteiger charge is 2.23. The summed E-state index contributed by atoms with van der Waals surface area (Å²) < 4.78 is 2.55. The van der Waals surface area contributed by atoms with E-state index in [2.05, 4.69) is 24.9 Å². The van der Waals surface area contributed by atoms with Crippen molar-refractivity contribution in [3.8, 4) is 0 Å². The molecule has 0 N–H and O–H groups in total. The van der Waals surface area contributed by atoms with E-state index in [0.29, 0.717) is 5.69 Å². The van der Waals surface area contributed by atoms with Gasteiger partial charge in [-0.05, 0) is 19.9 Å². The fraction of sp³-hybridized carbons (Fsp3) is 0.412. The van der Waals surface area contributed by atoms with Gasteiger partial charge in [0.05, 0.1) is 28.8 Å². The first kappa shape index (κ1) is 17.2. The molecule has 0 saturated carbocycles. The van der Waals surface area contributed by atoms with Crippen molar-refractivity contribution in [3.05, 3.63) is 40.0 Å². The van der Waals surface area contributed by atoms with E-state index >= 15 is 0 Å². The van der Waals surface area contributed by atoms with Gasteiger partial charge >= 0.3 is 0 Å². The molecular formula is C17H19ClN6OS. The summed E-state index contributed by atoms with van der Waals surface area (Å²) in [5.41, 5.74) is 1.40. The third-order valence-corrected chi connectivity index (χ3v) is 5.94. The molecule has 1 aliphatic heterocycles. The lowest BCUT2D eigenvalue weighted by atomic mass is 10.3. The molecule has 0 amide bonds. The van der Waals surface area contributed by atoms with Crippen molar-refractivity contribution in [3.63, 3.8) is 0 Å². The molecule has 3 aromatic rings. The van der Waals surface area contributed by atoms with Gasteiger partial charge in [-0.3, -0.25) is 9.78 Å². The molecule has 1 saturated heterocycles. The maximum Gasteiger partial charge on any atom is 0.287 e. The second-order valence-corrected chi connectivity index (χ2v) is 7.89. The van der Waals surface area contributed by atoms with Crippen molar-refractivity contribution in [1.29, 1.82) is 0 Å². The molecule has 4 rings (SSSR count). The summed E-state index contributed by atoms with van der Waals surface area (Å²) in [4.78, 5) is 25.5. The summed E-state index contributed by atoms with van der Waals surface area (Å²) >= 11 is 8.01. The van der Waals surface area contributed by atoms with E-state index in [1.165, 1.54) is 4.68 Å². The number of fused-ring (bicyclic) bond motifs is 1. The van der Waals surface area contributed by atoms with Gasteiger partial charge in [-0.1, -0.05) is 22.9 Å². The summed E-state index contributed by atoms with van der Waals surface area (Å²) in [5.74, 6) is 0. The van der Waals surface area contributed by atoms with Gasteiger partial charge in [0.25, 0.3) is 5.56 Å². The van der Waals surface area contributed by atoms with Crippen molar-refractivity contribution in [2.75, 3.05) is 36.0 Å². The molecular weight excluding hydrogens is 372 g/mol. The minimum absolute atomic E-state index is 0.0144. The SMILES string of the molecule is CC(C)n1ncc(N2CCN(c3nc4cnccc4s3)CC2)c(Cl)c1=O. The molecule has 1 fully saturated rings. The van der Waals surface area contributed by atoms with Crippen LogP contribution in [0.15, 0.2) is 29.5 Å². The Hall–Kier alpha value is -2.19. The monoisotopic (exact) mass is 390 g/mol. The van der Waals surface area contributed by atoms with E-state index < -0.39 is 0 Å². The molecule has 9 heteroatoms. The summed E-state index contributed by atoms with van der Waals surface area (Å²) in [5, 5.41) is 5.52. The number of rotatable bonds is 3. The second-order valence-electron chi connectivity index (χ2n) is 6.50. The van der Waals surface area contributed by atoms with Crippen LogP contribution in [0.2, 0.25) is 5.02 Å². The van der Waals surface area contributed by atoms with Crippen LogP contribution in [0.3, 0.4) is 0 Å². The lowest BCUT2D eigenvalue weighted by molar-refractivity contribution is 0.501. The van der Waals surface area contributed by atoms with E-state index in [4.69, 9.17) is 11.6 Å². The number of halogens is 1. The largest absolute Gasteiger partial charge is 0.365 e. The van der Waals surface area contributed by atoms with Crippen molar-refractivity contribution < 1.29 is 0 Å². The van der Waals surface area contributed by atoms with Gasteiger partial charge in [0.2, 0.25) is 0 Å². The van der Waals surface area contributed by atoms with Gasteiger partial charge in [0.1, 0.15) is 10.5 Å². The number of thiazole rings is 1. The molecule has 7 nitrogen and oxygen atoms in total. The first-order chi connectivity index (χ1) is 12.5. The number of aromatic nitrogens is 4. The lowest BCUT2D eigenvalue weighted by Gasteiger charge is -2.36. The van der Waals surface area contributed by atoms with Crippen LogP contribution in [0.25, 0.3) is 10.2 Å². The number of hydrogen-bond acceptors (Lipinski definition) is 7. The molecule has 0 atom stereocenters. The van der Waals surface area contributed by atoms with Gasteiger partial charge in [-0.15, -0.1) is 0 Å². The Bertz CT molecular complexity index is 959. The Balaban J connectivity index is 1.52. The zero-order valence-electron chi connectivity index (χ0n) is 14.6. The predicted molar refractivity (Wildman–Crippen MR) is 106 cm³/mol. The van der Waals surface area contributed by atoms with Crippen molar-refractivity contribution in [1.82, 2.24) is 19.7 Å². The summed E-state index contributed by atoms with van der Waals surface area (Å²) in [6.07, 6.45) is 5.28. The number of hydrogen-bond donors (Lipinski definition) is 0. The van der Waals surface area contributed by atoms with E-state index in [1.807, 2.05) is 19.9 Å². The minimum Gasteiger partial charge on any atom is -0.365 e. The Morgan fingerprint density at radius 3 is 2.58 bits per heavy atom. The predicted octanol–water partition coefficient (Wildman–Crippen LogP) is 2.81. The van der Waals surface area contributed by atoms with Crippen LogP contribution in [-0.4, -0.2) is 45.9 Å². The number of piperazine rings is 1. The fourth-order valence-electron chi connectivity index (χ4n) is 3.07. The van der Waals surface area contributed by atoms with E-state index in [-0.39, 0.29) is 16.6 Å². The lowest BCUT2D eigenvalue weighted by Crippen LogP contribution is -2.47. The normalized spacial score (nSPS) is 15.2. The number of nitrogens with zero attached hydrogens (tertiary/aromatic N) is 6.